The van der Waals surface area contributed by atoms with Crippen LogP contribution in [0.2, 0.25) is 0 Å². The maximum Gasteiger partial charge on any atom is 0.254 e. The van der Waals surface area contributed by atoms with E-state index in [1.165, 1.54) is 0 Å². The number of carbonyl (C=O) groups is 1. The van der Waals surface area contributed by atoms with Crippen LogP contribution in [-0.2, 0) is 13.1 Å². The van der Waals surface area contributed by atoms with Crippen LogP contribution in [0.1, 0.15) is 27.3 Å². The molecule has 0 radical (unpaired) electrons. The molecule has 126 valence electrons. The lowest BCUT2D eigenvalue weighted by atomic mass is 10.0. The van der Waals surface area contributed by atoms with Gasteiger partial charge in [-0.05, 0) is 25.5 Å². The van der Waals surface area contributed by atoms with Gasteiger partial charge in [-0.1, -0.05) is 17.7 Å². The number of fused-ring (bicyclic) bond motifs is 1. The van der Waals surface area contributed by atoms with Crippen LogP contribution in [0.15, 0.2) is 36.8 Å². The number of amides is 1. The molecule has 0 aliphatic carbocycles. The molecule has 0 N–H and O–H groups in total. The molecule has 7 nitrogen and oxygen atoms in total. The lowest BCUT2D eigenvalue weighted by molar-refractivity contribution is 0.0707. The first-order valence-electron chi connectivity index (χ1n) is 8.18. The summed E-state index contributed by atoms with van der Waals surface area (Å²) in [6.45, 7) is 5.70. The number of benzene rings is 1. The minimum atomic E-state index is 0.0350. The Morgan fingerprint density at radius 1 is 1.12 bits per heavy atom. The fraction of sp³-hybridized carbons (Fsp3) is 0.278. The summed E-state index contributed by atoms with van der Waals surface area (Å²) in [4.78, 5) is 23.1. The molecule has 3 aromatic rings. The number of aryl methyl sites for hydroxylation is 2. The van der Waals surface area contributed by atoms with E-state index in [1.54, 1.807) is 18.6 Å². The van der Waals surface area contributed by atoms with Crippen molar-refractivity contribution in [1.29, 1.82) is 0 Å². The van der Waals surface area contributed by atoms with Crippen molar-refractivity contribution in [3.63, 3.8) is 0 Å². The number of carbonyl (C=O) groups excluding carboxylic acids is 1. The van der Waals surface area contributed by atoms with Crippen molar-refractivity contribution >= 4 is 5.91 Å². The van der Waals surface area contributed by atoms with Crippen molar-refractivity contribution < 1.29 is 4.79 Å². The van der Waals surface area contributed by atoms with Crippen molar-refractivity contribution in [2.45, 2.75) is 26.9 Å². The number of aromatic nitrogens is 5. The molecule has 1 amide bonds. The summed E-state index contributed by atoms with van der Waals surface area (Å²) in [7, 11) is 0. The maximum absolute atomic E-state index is 12.9. The van der Waals surface area contributed by atoms with Gasteiger partial charge in [0.25, 0.3) is 5.91 Å². The summed E-state index contributed by atoms with van der Waals surface area (Å²) in [5, 5.41) is 8.48. The molecule has 0 spiro atoms. The highest BCUT2D eigenvalue weighted by Gasteiger charge is 2.26. The van der Waals surface area contributed by atoms with Gasteiger partial charge in [0.1, 0.15) is 5.69 Å². The highest BCUT2D eigenvalue weighted by Crippen LogP contribution is 2.21. The SMILES string of the molecule is Cc1ccc(C(=O)N2CCn3c(nnc3-c3cnccn3)C2)c(C)c1. The Labute approximate surface area is 145 Å². The number of nitrogens with zero attached hydrogens (tertiary/aromatic N) is 6. The summed E-state index contributed by atoms with van der Waals surface area (Å²) >= 11 is 0. The Kier molecular flexibility index (Phi) is 3.76. The number of hydrogen-bond donors (Lipinski definition) is 0. The van der Waals surface area contributed by atoms with E-state index < -0.39 is 0 Å². The van der Waals surface area contributed by atoms with Crippen molar-refractivity contribution in [2.24, 2.45) is 0 Å². The van der Waals surface area contributed by atoms with Crippen molar-refractivity contribution in [2.75, 3.05) is 6.54 Å². The van der Waals surface area contributed by atoms with Crippen LogP contribution in [0.3, 0.4) is 0 Å². The molecule has 1 aromatic carbocycles. The Hall–Kier alpha value is -3.09. The normalized spacial score (nSPS) is 13.6. The second-order valence-corrected chi connectivity index (χ2v) is 6.23. The summed E-state index contributed by atoms with van der Waals surface area (Å²) in [6, 6.07) is 5.90. The predicted octanol–water partition coefficient (Wildman–Crippen LogP) is 2.01. The minimum Gasteiger partial charge on any atom is -0.329 e. The molecular formula is C18H18N6O. The summed E-state index contributed by atoms with van der Waals surface area (Å²) in [6.07, 6.45) is 4.93. The fourth-order valence-corrected chi connectivity index (χ4v) is 3.16. The molecule has 0 saturated carbocycles. The van der Waals surface area contributed by atoms with Gasteiger partial charge < -0.3 is 9.47 Å². The molecule has 0 fully saturated rings. The van der Waals surface area contributed by atoms with Crippen LogP contribution in [0.5, 0.6) is 0 Å². The zero-order valence-electron chi connectivity index (χ0n) is 14.2. The summed E-state index contributed by atoms with van der Waals surface area (Å²) in [5.74, 6) is 1.50. The Morgan fingerprint density at radius 2 is 2.00 bits per heavy atom. The Morgan fingerprint density at radius 3 is 2.76 bits per heavy atom. The smallest absolute Gasteiger partial charge is 0.254 e. The molecule has 1 aliphatic rings. The summed E-state index contributed by atoms with van der Waals surface area (Å²) < 4.78 is 2.01. The molecule has 0 atom stereocenters. The second kappa shape index (κ2) is 6.08. The molecule has 0 unspecified atom stereocenters. The zero-order chi connectivity index (χ0) is 17.4. The number of rotatable bonds is 2. The maximum atomic E-state index is 12.9. The van der Waals surface area contributed by atoms with E-state index in [2.05, 4.69) is 20.2 Å². The molecule has 0 bridgehead atoms. The molecule has 2 aromatic heterocycles. The van der Waals surface area contributed by atoms with E-state index in [4.69, 9.17) is 0 Å². The fourth-order valence-electron chi connectivity index (χ4n) is 3.16. The third-order valence-electron chi connectivity index (χ3n) is 4.45. The van der Waals surface area contributed by atoms with Crippen molar-refractivity contribution in [1.82, 2.24) is 29.6 Å². The first kappa shape index (κ1) is 15.4. The van der Waals surface area contributed by atoms with Gasteiger partial charge in [-0.25, -0.2) is 4.98 Å². The first-order chi connectivity index (χ1) is 12.1. The highest BCUT2D eigenvalue weighted by atomic mass is 16.2. The molecule has 0 saturated heterocycles. The monoisotopic (exact) mass is 334 g/mol. The molecule has 4 rings (SSSR count). The molecule has 7 heteroatoms. The van der Waals surface area contributed by atoms with Gasteiger partial charge in [0.2, 0.25) is 0 Å². The predicted molar refractivity (Wildman–Crippen MR) is 91.7 cm³/mol. The number of hydrogen-bond acceptors (Lipinski definition) is 5. The molecular weight excluding hydrogens is 316 g/mol. The van der Waals surface area contributed by atoms with Crippen LogP contribution in [0, 0.1) is 13.8 Å². The second-order valence-electron chi connectivity index (χ2n) is 6.23. The van der Waals surface area contributed by atoms with Gasteiger partial charge in [0.15, 0.2) is 11.6 Å². The van der Waals surface area contributed by atoms with E-state index in [0.717, 1.165) is 22.5 Å². The van der Waals surface area contributed by atoms with E-state index in [-0.39, 0.29) is 5.91 Å². The first-order valence-corrected chi connectivity index (χ1v) is 8.18. The van der Waals surface area contributed by atoms with Gasteiger partial charge in [0, 0.05) is 31.0 Å². The quantitative estimate of drug-likeness (QED) is 0.716. The average molecular weight is 334 g/mol. The third kappa shape index (κ3) is 2.77. The highest BCUT2D eigenvalue weighted by molar-refractivity contribution is 5.95. The van der Waals surface area contributed by atoms with Gasteiger partial charge in [-0.2, -0.15) is 0 Å². The van der Waals surface area contributed by atoms with E-state index >= 15 is 0 Å². The summed E-state index contributed by atoms with van der Waals surface area (Å²) in [5.41, 5.74) is 3.58. The zero-order valence-corrected chi connectivity index (χ0v) is 14.2. The van der Waals surface area contributed by atoms with Gasteiger partial charge in [-0.3, -0.25) is 9.78 Å². The van der Waals surface area contributed by atoms with E-state index in [1.807, 2.05) is 41.5 Å². The Balaban J connectivity index is 1.60. The van der Waals surface area contributed by atoms with E-state index in [0.29, 0.717) is 31.2 Å². The van der Waals surface area contributed by atoms with Gasteiger partial charge in [0.05, 0.1) is 12.7 Å². The molecule has 3 heterocycles. The standard InChI is InChI=1S/C18H18N6O/c1-12-3-4-14(13(2)9-12)18(25)23-7-8-24-16(11-23)21-22-17(24)15-10-19-5-6-20-15/h3-6,9-10H,7-8,11H2,1-2H3. The Bertz CT molecular complexity index is 934. The van der Waals surface area contributed by atoms with Crippen LogP contribution in [-0.4, -0.2) is 42.1 Å². The lowest BCUT2D eigenvalue weighted by Gasteiger charge is -2.28. The largest absolute Gasteiger partial charge is 0.329 e. The van der Waals surface area contributed by atoms with Crippen molar-refractivity contribution in [3.05, 3.63) is 59.3 Å². The molecule has 1 aliphatic heterocycles. The van der Waals surface area contributed by atoms with Crippen LogP contribution in [0.25, 0.3) is 11.5 Å². The van der Waals surface area contributed by atoms with Crippen molar-refractivity contribution in [3.8, 4) is 11.5 Å². The van der Waals surface area contributed by atoms with Gasteiger partial charge >= 0.3 is 0 Å². The van der Waals surface area contributed by atoms with Crippen LogP contribution >= 0.6 is 0 Å². The van der Waals surface area contributed by atoms with Gasteiger partial charge in [-0.15, -0.1) is 10.2 Å². The molecule has 25 heavy (non-hydrogen) atoms. The topological polar surface area (TPSA) is 76.8 Å². The van der Waals surface area contributed by atoms with Crippen LogP contribution < -0.4 is 0 Å². The average Bonchev–Trinajstić information content (AvgIpc) is 3.05. The van der Waals surface area contributed by atoms with E-state index in [9.17, 15) is 4.79 Å². The van der Waals surface area contributed by atoms with Crippen LogP contribution in [0.4, 0.5) is 0 Å². The third-order valence-corrected chi connectivity index (χ3v) is 4.45. The minimum absolute atomic E-state index is 0.0350. The lowest BCUT2D eigenvalue weighted by Crippen LogP contribution is -2.38.